The van der Waals surface area contributed by atoms with Crippen LogP contribution in [0.3, 0.4) is 0 Å². The molecule has 2 N–H and O–H groups in total. The number of carbonyl (C=O) groups excluding carboxylic acids is 2. The Labute approximate surface area is 252 Å². The van der Waals surface area contributed by atoms with Crippen molar-refractivity contribution in [2.45, 2.75) is 72.0 Å². The van der Waals surface area contributed by atoms with Crippen molar-refractivity contribution in [3.05, 3.63) is 36.2 Å². The lowest BCUT2D eigenvalue weighted by Crippen LogP contribution is -2.63. The molecule has 3 aliphatic carbocycles. The number of Topliss-reactive ketones (excluding diaryl/α,β-unsaturated/α-hetero) is 1. The van der Waals surface area contributed by atoms with Crippen LogP contribution < -0.4 is 10.2 Å². The maximum absolute atomic E-state index is 15.5. The van der Waals surface area contributed by atoms with Gasteiger partial charge in [-0.2, -0.15) is 5.10 Å². The number of sulfonamides is 1. The summed E-state index contributed by atoms with van der Waals surface area (Å²) in [6, 6.07) is 2.66. The Morgan fingerprint density at radius 2 is 2.00 bits per heavy atom. The number of benzene rings is 1. The van der Waals surface area contributed by atoms with E-state index in [1.807, 2.05) is 20.8 Å². The number of ether oxygens (including phenoxy) is 2. The number of nitrogens with zero attached hydrogens (tertiary/aromatic N) is 2. The van der Waals surface area contributed by atoms with E-state index in [9.17, 15) is 28.1 Å². The van der Waals surface area contributed by atoms with Crippen LogP contribution in [0.15, 0.2) is 29.9 Å². The lowest BCUT2D eigenvalue weighted by Gasteiger charge is -2.61. The van der Waals surface area contributed by atoms with Crippen molar-refractivity contribution in [1.29, 1.82) is 0 Å². The number of rotatable bonds is 6. The lowest BCUT2D eigenvalue weighted by molar-refractivity contribution is -0.207. The van der Waals surface area contributed by atoms with Crippen molar-refractivity contribution >= 4 is 40.5 Å². The van der Waals surface area contributed by atoms with Gasteiger partial charge in [0.15, 0.2) is 18.2 Å². The van der Waals surface area contributed by atoms with Crippen molar-refractivity contribution in [3.8, 4) is 5.75 Å². The van der Waals surface area contributed by atoms with Gasteiger partial charge in [-0.15, -0.1) is 6.58 Å². The highest BCUT2D eigenvalue weighted by molar-refractivity contribution is 7.89. The molecule has 4 aliphatic rings. The fraction of sp³-hybridized carbons (Fsp3) is 0.633. The van der Waals surface area contributed by atoms with Gasteiger partial charge in [0.05, 0.1) is 18.6 Å². The highest BCUT2D eigenvalue weighted by atomic mass is 32.2. The van der Waals surface area contributed by atoms with Crippen LogP contribution in [-0.2, 0) is 24.3 Å². The Morgan fingerprint density at radius 3 is 2.65 bits per heavy atom. The lowest BCUT2D eigenvalue weighted by atomic mass is 9.44. The zero-order valence-electron chi connectivity index (χ0n) is 25.2. The van der Waals surface area contributed by atoms with E-state index in [0.717, 1.165) is 25.3 Å². The third-order valence-corrected chi connectivity index (χ3v) is 12.2. The SMILES string of the molecule is C=C[C@]1(C)C[C@@H](OC(=O)COc2ccc3c(c2F)B(O)N(S(C)(=O)=O)N=C3)[C@]2(C)[C@H](C)CC[C@]3(CCC(=O)[C@H]32)[C@@H](C)[C@@H]1O. The number of fused-ring (bicyclic) bond motifs is 1. The number of aliphatic hydroxyl groups excluding tert-OH is 1. The second-order valence-electron chi connectivity index (χ2n) is 13.4. The van der Waals surface area contributed by atoms with Crippen LogP contribution in [0.1, 0.15) is 65.4 Å². The molecule has 0 spiro atoms. The Hall–Kier alpha value is -2.77. The van der Waals surface area contributed by atoms with Gasteiger partial charge >= 0.3 is 13.0 Å². The Bertz CT molecular complexity index is 1490. The molecule has 13 heteroatoms. The molecule has 234 valence electrons. The van der Waals surface area contributed by atoms with Crippen LogP contribution in [0, 0.1) is 39.8 Å². The molecule has 1 aliphatic heterocycles. The molecular weight excluding hydrogens is 578 g/mol. The summed E-state index contributed by atoms with van der Waals surface area (Å²) in [5.41, 5.74) is -2.12. The highest BCUT2D eigenvalue weighted by Crippen LogP contribution is 2.68. The summed E-state index contributed by atoms with van der Waals surface area (Å²) < 4.78 is 51.4. The smallest absolute Gasteiger partial charge is 0.479 e. The summed E-state index contributed by atoms with van der Waals surface area (Å²) in [6.45, 7) is 11.4. The second-order valence-corrected chi connectivity index (χ2v) is 15.2. The van der Waals surface area contributed by atoms with E-state index in [2.05, 4.69) is 18.6 Å². The number of aliphatic hydroxyl groups is 1. The van der Waals surface area contributed by atoms with Crippen molar-refractivity contribution in [2.75, 3.05) is 12.9 Å². The minimum absolute atomic E-state index is 0.0435. The van der Waals surface area contributed by atoms with Gasteiger partial charge in [0.1, 0.15) is 11.9 Å². The molecule has 0 radical (unpaired) electrons. The molecule has 10 nitrogen and oxygen atoms in total. The third kappa shape index (κ3) is 4.82. The summed E-state index contributed by atoms with van der Waals surface area (Å²) in [4.78, 5) is 26.9. The molecule has 2 bridgehead atoms. The number of hydrogen-bond acceptors (Lipinski definition) is 9. The van der Waals surface area contributed by atoms with Crippen LogP contribution >= 0.6 is 0 Å². The van der Waals surface area contributed by atoms with E-state index < -0.39 is 63.9 Å². The van der Waals surface area contributed by atoms with Crippen LogP contribution in [0.5, 0.6) is 5.75 Å². The number of esters is 1. The molecule has 0 aromatic heterocycles. The van der Waals surface area contributed by atoms with Crippen molar-refractivity contribution in [3.63, 3.8) is 0 Å². The predicted molar refractivity (Wildman–Crippen MR) is 158 cm³/mol. The molecule has 8 atom stereocenters. The quantitative estimate of drug-likeness (QED) is 0.281. The molecule has 1 aromatic carbocycles. The molecular formula is C30H40BFN2O8S. The number of carbonyl (C=O) groups is 2. The van der Waals surface area contributed by atoms with Gasteiger partial charge in [-0.1, -0.05) is 33.8 Å². The average molecular weight is 619 g/mol. The number of halogens is 1. The van der Waals surface area contributed by atoms with Gasteiger partial charge in [0, 0.05) is 28.6 Å². The van der Waals surface area contributed by atoms with Crippen LogP contribution in [0.2, 0.25) is 0 Å². The Balaban J connectivity index is 1.43. The topological polar surface area (TPSA) is 143 Å². The molecule has 3 fully saturated rings. The highest BCUT2D eigenvalue weighted by Gasteiger charge is 2.68. The fourth-order valence-corrected chi connectivity index (χ4v) is 9.15. The first kappa shape index (κ1) is 31.7. The van der Waals surface area contributed by atoms with Crippen LogP contribution in [-0.4, -0.2) is 73.0 Å². The molecule has 3 saturated carbocycles. The number of hydrogen-bond donors (Lipinski definition) is 2. The van der Waals surface area contributed by atoms with Gasteiger partial charge in [0.25, 0.3) is 0 Å². The maximum atomic E-state index is 15.5. The van der Waals surface area contributed by atoms with Crippen molar-refractivity contribution in [1.82, 2.24) is 4.33 Å². The van der Waals surface area contributed by atoms with Gasteiger partial charge in [-0.05, 0) is 60.6 Å². The molecule has 0 saturated heterocycles. The molecule has 5 rings (SSSR count). The molecule has 0 unspecified atom stereocenters. The standard InChI is InChI=1S/C30H40BFN2O8S/c1-7-28(4)14-22(29(5)17(2)10-12-30(18(3)27(28)37)13-11-20(35)26(29)30)42-23(36)16-41-21-9-8-19-15-33-34(43(6,39)40)31(38)24(19)25(21)32/h7-9,15,17-18,22,26-27,37-38H,1,10-14,16H2,2-6H3/t17-,18+,22-,26+,27+,28-,29+,30+/m1/s1. The van der Waals surface area contributed by atoms with Crippen LogP contribution in [0.4, 0.5) is 4.39 Å². The second kappa shape index (κ2) is 10.7. The maximum Gasteiger partial charge on any atom is 0.487 e. The summed E-state index contributed by atoms with van der Waals surface area (Å²) >= 11 is 0. The van der Waals surface area contributed by atoms with E-state index in [4.69, 9.17) is 9.47 Å². The van der Waals surface area contributed by atoms with E-state index in [0.29, 0.717) is 17.2 Å². The zero-order valence-corrected chi connectivity index (χ0v) is 26.1. The fourth-order valence-electron chi connectivity index (χ4n) is 8.46. The Kier molecular flexibility index (Phi) is 7.87. The zero-order chi connectivity index (χ0) is 31.7. The third-order valence-electron chi connectivity index (χ3n) is 11.2. The normalized spacial score (nSPS) is 37.2. The first-order valence-electron chi connectivity index (χ1n) is 14.7. The number of hydrazone groups is 1. The predicted octanol–water partition coefficient (Wildman–Crippen LogP) is 2.41. The minimum atomic E-state index is -3.99. The van der Waals surface area contributed by atoms with E-state index in [1.54, 1.807) is 6.08 Å². The van der Waals surface area contributed by atoms with Gasteiger partial charge in [-0.25, -0.2) is 21.9 Å². The summed E-state index contributed by atoms with van der Waals surface area (Å²) in [7, 11) is -5.90. The van der Waals surface area contributed by atoms with E-state index in [1.165, 1.54) is 12.1 Å². The minimum Gasteiger partial charge on any atom is -0.479 e. The average Bonchev–Trinajstić information content (AvgIpc) is 3.30. The largest absolute Gasteiger partial charge is 0.487 e. The van der Waals surface area contributed by atoms with Gasteiger partial charge in [-0.3, -0.25) is 4.79 Å². The molecule has 1 aromatic rings. The van der Waals surface area contributed by atoms with E-state index >= 15 is 4.39 Å². The molecule has 43 heavy (non-hydrogen) atoms. The summed E-state index contributed by atoms with van der Waals surface area (Å²) in [5.74, 6) is -2.57. The first-order valence-corrected chi connectivity index (χ1v) is 16.6. The molecule has 1 heterocycles. The summed E-state index contributed by atoms with van der Waals surface area (Å²) in [5, 5.41) is 25.9. The van der Waals surface area contributed by atoms with Crippen molar-refractivity contribution in [2.24, 2.45) is 39.1 Å². The van der Waals surface area contributed by atoms with Crippen molar-refractivity contribution < 1.29 is 42.0 Å². The van der Waals surface area contributed by atoms with E-state index in [-0.39, 0.29) is 46.7 Å². The molecule has 0 amide bonds. The summed E-state index contributed by atoms with van der Waals surface area (Å²) in [6.07, 6.45) is 5.06. The van der Waals surface area contributed by atoms with Crippen LogP contribution in [0.25, 0.3) is 0 Å². The van der Waals surface area contributed by atoms with Gasteiger partial charge in [0.2, 0.25) is 10.0 Å². The first-order chi connectivity index (χ1) is 20.0. The Morgan fingerprint density at radius 1 is 1.30 bits per heavy atom. The number of ketones is 1. The van der Waals surface area contributed by atoms with Gasteiger partial charge < -0.3 is 19.6 Å². The monoisotopic (exact) mass is 618 g/mol.